The van der Waals surface area contributed by atoms with Crippen molar-refractivity contribution >= 4 is 0 Å². The third kappa shape index (κ3) is 3.06. The number of rotatable bonds is 2. The summed E-state index contributed by atoms with van der Waals surface area (Å²) in [5, 5.41) is 8.36. The van der Waals surface area contributed by atoms with E-state index in [0.29, 0.717) is 11.4 Å². The molecule has 110 valence electrons. The van der Waals surface area contributed by atoms with E-state index in [9.17, 15) is 0 Å². The second-order valence-electron chi connectivity index (χ2n) is 5.09. The zero-order valence-electron chi connectivity index (χ0n) is 12.5. The molecule has 0 N–H and O–H groups in total. The summed E-state index contributed by atoms with van der Waals surface area (Å²) in [4.78, 5) is 0. The van der Waals surface area contributed by atoms with Crippen molar-refractivity contribution in [2.24, 2.45) is 0 Å². The first kappa shape index (κ1) is 14.1. The van der Waals surface area contributed by atoms with Crippen LogP contribution in [0.15, 0.2) is 70.1 Å². The van der Waals surface area contributed by atoms with Gasteiger partial charge in [0.2, 0.25) is 0 Å². The van der Waals surface area contributed by atoms with E-state index in [1.54, 1.807) is 0 Å². The average molecular weight is 292 g/mol. The molecule has 1 heterocycles. The fourth-order valence-electron chi connectivity index (χ4n) is 2.10. The second kappa shape index (κ2) is 6.26. The van der Waals surface area contributed by atoms with Gasteiger partial charge in [-0.2, -0.15) is 0 Å². The van der Waals surface area contributed by atoms with Crippen LogP contribution in [-0.4, -0.2) is 10.3 Å². The standard InChI is InChI=1S/C18H16N2O2/c1-13-3-7-15(8-4-13)17-18(20-22-12-11-21-19-17)16-9-5-14(2)6-10-16/h3-12H,1-2H3. The fourth-order valence-corrected chi connectivity index (χ4v) is 2.10. The Hall–Kier alpha value is -2.88. The molecule has 2 aromatic carbocycles. The first-order valence-electron chi connectivity index (χ1n) is 7.01. The van der Waals surface area contributed by atoms with Crippen LogP contribution in [0.25, 0.3) is 22.5 Å². The summed E-state index contributed by atoms with van der Waals surface area (Å²) >= 11 is 0. The Labute approximate surface area is 128 Å². The summed E-state index contributed by atoms with van der Waals surface area (Å²) in [6, 6.07) is 16.1. The van der Waals surface area contributed by atoms with Crippen molar-refractivity contribution in [2.45, 2.75) is 13.8 Å². The maximum Gasteiger partial charge on any atom is 0.159 e. The monoisotopic (exact) mass is 292 g/mol. The van der Waals surface area contributed by atoms with Gasteiger partial charge >= 0.3 is 0 Å². The molecule has 0 amide bonds. The lowest BCUT2D eigenvalue weighted by Gasteiger charge is -2.05. The average Bonchev–Trinajstić information content (AvgIpc) is 2.50. The topological polar surface area (TPSA) is 52.1 Å². The molecule has 0 radical (unpaired) electrons. The first-order valence-corrected chi connectivity index (χ1v) is 7.01. The Morgan fingerprint density at radius 3 is 1.32 bits per heavy atom. The van der Waals surface area contributed by atoms with Gasteiger partial charge < -0.3 is 9.05 Å². The van der Waals surface area contributed by atoms with Crippen LogP contribution >= 0.6 is 0 Å². The van der Waals surface area contributed by atoms with Crippen molar-refractivity contribution in [3.05, 3.63) is 72.2 Å². The molecule has 0 fully saturated rings. The van der Waals surface area contributed by atoms with E-state index >= 15 is 0 Å². The molecule has 4 heteroatoms. The van der Waals surface area contributed by atoms with Gasteiger partial charge in [-0.15, -0.1) is 0 Å². The SMILES string of the molecule is Cc1ccc(-c2nocconc2-c2ccc(C)cc2)cc1. The van der Waals surface area contributed by atoms with Crippen LogP contribution in [0.4, 0.5) is 0 Å². The van der Waals surface area contributed by atoms with Crippen LogP contribution in [0, 0.1) is 13.8 Å². The summed E-state index contributed by atoms with van der Waals surface area (Å²) in [6.07, 6.45) is 2.70. The van der Waals surface area contributed by atoms with Gasteiger partial charge in [0.25, 0.3) is 0 Å². The molecule has 4 nitrogen and oxygen atoms in total. The maximum absolute atomic E-state index is 5.15. The van der Waals surface area contributed by atoms with E-state index < -0.39 is 0 Å². The van der Waals surface area contributed by atoms with E-state index in [4.69, 9.17) is 9.05 Å². The number of benzene rings is 2. The Balaban J connectivity index is 2.22. The normalized spacial score (nSPS) is 10.3. The number of aryl methyl sites for hydroxylation is 2. The fraction of sp³-hybridized carbons (Fsp3) is 0.111. The van der Waals surface area contributed by atoms with Crippen molar-refractivity contribution in [1.29, 1.82) is 0 Å². The first-order chi connectivity index (χ1) is 10.7. The van der Waals surface area contributed by atoms with E-state index in [0.717, 1.165) is 11.1 Å². The van der Waals surface area contributed by atoms with Gasteiger partial charge in [-0.1, -0.05) is 70.0 Å². The Morgan fingerprint density at radius 2 is 0.955 bits per heavy atom. The smallest absolute Gasteiger partial charge is 0.159 e. The van der Waals surface area contributed by atoms with Crippen LogP contribution in [0.3, 0.4) is 0 Å². The molecule has 0 unspecified atom stereocenters. The third-order valence-corrected chi connectivity index (χ3v) is 3.34. The van der Waals surface area contributed by atoms with Crippen molar-refractivity contribution in [2.75, 3.05) is 0 Å². The predicted octanol–water partition coefficient (Wildman–Crippen LogP) is 4.74. The minimum Gasteiger partial charge on any atom is -0.361 e. The van der Waals surface area contributed by atoms with Crippen molar-refractivity contribution < 1.29 is 9.05 Å². The molecule has 0 saturated heterocycles. The summed E-state index contributed by atoms with van der Waals surface area (Å²) in [5.74, 6) is 0. The highest BCUT2D eigenvalue weighted by atomic mass is 16.5. The van der Waals surface area contributed by atoms with E-state index in [1.165, 1.54) is 23.7 Å². The van der Waals surface area contributed by atoms with Gasteiger partial charge in [-0.05, 0) is 13.8 Å². The van der Waals surface area contributed by atoms with Gasteiger partial charge in [-0.3, -0.25) is 0 Å². The molecule has 0 aliphatic carbocycles. The summed E-state index contributed by atoms with van der Waals surface area (Å²) in [6.45, 7) is 4.09. The van der Waals surface area contributed by atoms with Crippen LogP contribution < -0.4 is 0 Å². The van der Waals surface area contributed by atoms with Gasteiger partial charge in [-0.25, -0.2) is 0 Å². The van der Waals surface area contributed by atoms with Crippen molar-refractivity contribution in [1.82, 2.24) is 10.3 Å². The van der Waals surface area contributed by atoms with Crippen molar-refractivity contribution in [3.8, 4) is 22.5 Å². The minimum atomic E-state index is 0.633. The predicted molar refractivity (Wildman–Crippen MR) is 84.5 cm³/mol. The summed E-state index contributed by atoms with van der Waals surface area (Å²) < 4.78 is 10.3. The molecular weight excluding hydrogens is 276 g/mol. The van der Waals surface area contributed by atoms with Crippen LogP contribution in [0.1, 0.15) is 11.1 Å². The van der Waals surface area contributed by atoms with Gasteiger partial charge in [0.15, 0.2) is 12.5 Å². The summed E-state index contributed by atoms with van der Waals surface area (Å²) in [5.41, 5.74) is 5.47. The van der Waals surface area contributed by atoms with Crippen LogP contribution in [0.5, 0.6) is 0 Å². The molecule has 1 aromatic heterocycles. The Morgan fingerprint density at radius 1 is 0.591 bits per heavy atom. The van der Waals surface area contributed by atoms with E-state index in [-0.39, 0.29) is 0 Å². The lowest BCUT2D eigenvalue weighted by Crippen LogP contribution is -1.90. The number of hydrogen-bond donors (Lipinski definition) is 0. The molecule has 3 rings (SSSR count). The van der Waals surface area contributed by atoms with Gasteiger partial charge in [0, 0.05) is 11.1 Å². The van der Waals surface area contributed by atoms with E-state index in [1.807, 2.05) is 62.4 Å². The molecule has 0 saturated carbocycles. The second-order valence-corrected chi connectivity index (χ2v) is 5.09. The number of nitrogens with zero attached hydrogens (tertiary/aromatic N) is 2. The molecule has 22 heavy (non-hydrogen) atoms. The molecule has 0 aliphatic heterocycles. The van der Waals surface area contributed by atoms with Gasteiger partial charge in [0.1, 0.15) is 11.4 Å². The number of aromatic nitrogens is 2. The highest BCUT2D eigenvalue weighted by Crippen LogP contribution is 2.27. The molecule has 3 aromatic rings. The van der Waals surface area contributed by atoms with Crippen molar-refractivity contribution in [3.63, 3.8) is 0 Å². The molecular formula is C18H16N2O2. The quantitative estimate of drug-likeness (QED) is 0.684. The number of hydrogen-bond acceptors (Lipinski definition) is 4. The molecule has 0 spiro atoms. The van der Waals surface area contributed by atoms with E-state index in [2.05, 4.69) is 10.3 Å². The molecule has 0 aliphatic rings. The largest absolute Gasteiger partial charge is 0.361 e. The highest BCUT2D eigenvalue weighted by molar-refractivity contribution is 5.76. The third-order valence-electron chi connectivity index (χ3n) is 3.34. The minimum absolute atomic E-state index is 0.633. The highest BCUT2D eigenvalue weighted by Gasteiger charge is 2.11. The van der Waals surface area contributed by atoms with Gasteiger partial charge in [0.05, 0.1) is 0 Å². The zero-order chi connectivity index (χ0) is 15.4. The van der Waals surface area contributed by atoms with Crippen LogP contribution in [0.2, 0.25) is 0 Å². The Kier molecular flexibility index (Phi) is 4.01. The molecule has 0 bridgehead atoms. The maximum atomic E-state index is 5.15. The lowest BCUT2D eigenvalue weighted by atomic mass is 10.0. The lowest BCUT2D eigenvalue weighted by molar-refractivity contribution is 0.352. The molecule has 0 atom stereocenters. The summed E-state index contributed by atoms with van der Waals surface area (Å²) in [7, 11) is 0. The Bertz CT molecular complexity index is 728. The zero-order valence-corrected chi connectivity index (χ0v) is 12.5. The van der Waals surface area contributed by atoms with Crippen LogP contribution in [-0.2, 0) is 0 Å².